The van der Waals surface area contributed by atoms with Gasteiger partial charge < -0.3 is 14.7 Å². The predicted molar refractivity (Wildman–Crippen MR) is 131 cm³/mol. The van der Waals surface area contributed by atoms with Crippen LogP contribution in [-0.2, 0) is 14.8 Å². The summed E-state index contributed by atoms with van der Waals surface area (Å²) in [6.07, 6.45) is 1.45. The Balaban J connectivity index is 1.78. The van der Waals surface area contributed by atoms with Gasteiger partial charge in [0.15, 0.2) is 0 Å². The summed E-state index contributed by atoms with van der Waals surface area (Å²) in [6, 6.07) is 12.5. The van der Waals surface area contributed by atoms with E-state index in [0.717, 1.165) is 29.5 Å². The van der Waals surface area contributed by atoms with Crippen molar-refractivity contribution in [1.82, 2.24) is 9.21 Å². The van der Waals surface area contributed by atoms with Gasteiger partial charge in [0.1, 0.15) is 16.7 Å². The van der Waals surface area contributed by atoms with E-state index in [4.69, 9.17) is 4.74 Å². The van der Waals surface area contributed by atoms with E-state index in [9.17, 15) is 18.3 Å². The van der Waals surface area contributed by atoms with E-state index in [1.54, 1.807) is 37.1 Å². The number of rotatable bonds is 6. The lowest BCUT2D eigenvalue weighted by atomic mass is 10.00. The molecule has 184 valence electrons. The van der Waals surface area contributed by atoms with Crippen molar-refractivity contribution in [2.24, 2.45) is 11.8 Å². The van der Waals surface area contributed by atoms with E-state index in [0.29, 0.717) is 6.54 Å². The first-order chi connectivity index (χ1) is 16.1. The van der Waals surface area contributed by atoms with Crippen LogP contribution in [0.15, 0.2) is 47.4 Å². The van der Waals surface area contributed by atoms with Crippen LogP contribution < -0.4 is 4.74 Å². The zero-order chi connectivity index (χ0) is 24.6. The predicted octanol–water partition coefficient (Wildman–Crippen LogP) is 3.30. The average molecular weight is 487 g/mol. The highest BCUT2D eigenvalue weighted by molar-refractivity contribution is 7.89. The van der Waals surface area contributed by atoms with Crippen LogP contribution in [0.2, 0.25) is 0 Å². The lowest BCUT2D eigenvalue weighted by Gasteiger charge is -2.37. The van der Waals surface area contributed by atoms with Gasteiger partial charge in [0.05, 0.1) is 13.2 Å². The summed E-state index contributed by atoms with van der Waals surface area (Å²) in [5.41, 5.74) is 2.94. The number of ether oxygens (including phenoxy) is 1. The largest absolute Gasteiger partial charge is 0.487 e. The topological polar surface area (TPSA) is 87.2 Å². The second kappa shape index (κ2) is 9.68. The number of carbonyl (C=O) groups excluding carboxylic acids is 1. The minimum absolute atomic E-state index is 0.0817. The van der Waals surface area contributed by atoms with Gasteiger partial charge in [0, 0.05) is 31.5 Å². The summed E-state index contributed by atoms with van der Waals surface area (Å²) >= 11 is 0. The molecule has 1 saturated carbocycles. The fraction of sp³-hybridized carbons (Fsp3) is 0.500. The van der Waals surface area contributed by atoms with Gasteiger partial charge in [-0.2, -0.15) is 4.31 Å². The van der Waals surface area contributed by atoms with E-state index in [1.165, 1.54) is 4.31 Å². The Labute approximate surface area is 202 Å². The van der Waals surface area contributed by atoms with Gasteiger partial charge in [-0.25, -0.2) is 8.42 Å². The summed E-state index contributed by atoms with van der Waals surface area (Å²) in [5.74, 6) is 0.285. The molecule has 1 aliphatic heterocycles. The van der Waals surface area contributed by atoms with Crippen LogP contribution in [0.3, 0.4) is 0 Å². The van der Waals surface area contributed by atoms with Crippen LogP contribution in [0.4, 0.5) is 0 Å². The highest BCUT2D eigenvalue weighted by Crippen LogP contribution is 2.37. The lowest BCUT2D eigenvalue weighted by molar-refractivity contribution is -0.132. The minimum atomic E-state index is -3.90. The van der Waals surface area contributed by atoms with E-state index >= 15 is 0 Å². The zero-order valence-corrected chi connectivity index (χ0v) is 21.1. The van der Waals surface area contributed by atoms with Gasteiger partial charge in [0.25, 0.3) is 0 Å². The maximum Gasteiger partial charge on any atom is 0.247 e. The number of aliphatic hydroxyl groups excluding tert-OH is 1. The lowest BCUT2D eigenvalue weighted by Crippen LogP contribution is -2.50. The van der Waals surface area contributed by atoms with Crippen molar-refractivity contribution in [2.45, 2.75) is 50.7 Å². The standard InChI is InChI=1S/C26H34N2O5S/c1-17-7-5-6-8-22(17)21-11-12-25-23(13-21)33-24(15-27(4)26(30)20-9-10-20)18(2)14-28(19(3)16-29)34(25,31)32/h5-8,11-13,18-20,24,29H,9-10,14-16H2,1-4H3/t18-,19+,24-/m0/s1. The van der Waals surface area contributed by atoms with Gasteiger partial charge in [-0.15, -0.1) is 0 Å². The normalized spacial score (nSPS) is 23.2. The fourth-order valence-electron chi connectivity index (χ4n) is 4.51. The van der Waals surface area contributed by atoms with Gasteiger partial charge in [-0.1, -0.05) is 37.3 Å². The second-order valence-corrected chi connectivity index (χ2v) is 11.6. The molecule has 0 saturated heterocycles. The average Bonchev–Trinajstić information content (AvgIpc) is 3.66. The Morgan fingerprint density at radius 1 is 1.24 bits per heavy atom. The monoisotopic (exact) mass is 486 g/mol. The highest BCUT2D eigenvalue weighted by Gasteiger charge is 2.39. The molecule has 2 aromatic carbocycles. The quantitative estimate of drug-likeness (QED) is 0.677. The van der Waals surface area contributed by atoms with Gasteiger partial charge in [-0.05, 0) is 55.5 Å². The van der Waals surface area contributed by atoms with Crippen LogP contribution in [0.1, 0.15) is 32.3 Å². The minimum Gasteiger partial charge on any atom is -0.487 e. The van der Waals surface area contributed by atoms with Gasteiger partial charge in [0.2, 0.25) is 15.9 Å². The molecular weight excluding hydrogens is 452 g/mol. The number of hydrogen-bond donors (Lipinski definition) is 1. The van der Waals surface area contributed by atoms with Crippen LogP contribution in [0.25, 0.3) is 11.1 Å². The van der Waals surface area contributed by atoms with Gasteiger partial charge >= 0.3 is 0 Å². The molecule has 2 aliphatic rings. The summed E-state index contributed by atoms with van der Waals surface area (Å²) in [4.78, 5) is 14.4. The molecule has 0 bridgehead atoms. The highest BCUT2D eigenvalue weighted by atomic mass is 32.2. The molecule has 1 N–H and O–H groups in total. The van der Waals surface area contributed by atoms with E-state index in [2.05, 4.69) is 0 Å². The third-order valence-electron chi connectivity index (χ3n) is 6.88. The van der Waals surface area contributed by atoms with E-state index in [-0.39, 0.29) is 41.5 Å². The van der Waals surface area contributed by atoms with Crippen molar-refractivity contribution in [3.05, 3.63) is 48.0 Å². The SMILES string of the molecule is Cc1ccccc1-c1ccc2c(c1)O[C@@H](CN(C)C(=O)C1CC1)[C@@H](C)CN([C@H](C)CO)S2(=O)=O. The Hall–Kier alpha value is -2.42. The van der Waals surface area contributed by atoms with E-state index in [1.807, 2.05) is 38.1 Å². The molecule has 3 atom stereocenters. The van der Waals surface area contributed by atoms with Crippen molar-refractivity contribution < 1.29 is 23.1 Å². The molecule has 4 rings (SSSR count). The maximum atomic E-state index is 13.6. The number of amides is 1. The first-order valence-electron chi connectivity index (χ1n) is 11.9. The smallest absolute Gasteiger partial charge is 0.247 e. The number of hydrogen-bond acceptors (Lipinski definition) is 5. The first-order valence-corrected chi connectivity index (χ1v) is 13.3. The van der Waals surface area contributed by atoms with Crippen LogP contribution >= 0.6 is 0 Å². The first kappa shape index (κ1) is 24.7. The number of aryl methyl sites for hydroxylation is 1. The van der Waals surface area contributed by atoms with Gasteiger partial charge in [-0.3, -0.25) is 4.79 Å². The molecule has 1 amide bonds. The van der Waals surface area contributed by atoms with Crippen molar-refractivity contribution >= 4 is 15.9 Å². The fourth-order valence-corrected chi connectivity index (χ4v) is 6.34. The van der Waals surface area contributed by atoms with Crippen molar-refractivity contribution in [3.63, 3.8) is 0 Å². The number of aliphatic hydroxyl groups is 1. The zero-order valence-electron chi connectivity index (χ0n) is 20.3. The molecule has 1 heterocycles. The Morgan fingerprint density at radius 2 is 1.94 bits per heavy atom. The molecule has 1 fully saturated rings. The number of sulfonamides is 1. The number of fused-ring (bicyclic) bond motifs is 1. The molecule has 0 spiro atoms. The van der Waals surface area contributed by atoms with Crippen molar-refractivity contribution in [1.29, 1.82) is 0 Å². The summed E-state index contributed by atoms with van der Waals surface area (Å²) < 4.78 is 35.1. The maximum absolute atomic E-state index is 13.6. The molecule has 8 heteroatoms. The molecule has 1 aliphatic carbocycles. The number of benzene rings is 2. The Kier molecular flexibility index (Phi) is 7.03. The van der Waals surface area contributed by atoms with Crippen molar-refractivity contribution in [2.75, 3.05) is 26.7 Å². The molecule has 0 aromatic heterocycles. The number of likely N-dealkylation sites (N-methyl/N-ethyl adjacent to an activating group) is 1. The van der Waals surface area contributed by atoms with Crippen LogP contribution in [0.5, 0.6) is 5.75 Å². The summed E-state index contributed by atoms with van der Waals surface area (Å²) in [5, 5.41) is 9.80. The third-order valence-corrected chi connectivity index (χ3v) is 8.90. The molecule has 0 radical (unpaired) electrons. The second-order valence-electron chi connectivity index (χ2n) is 9.71. The van der Waals surface area contributed by atoms with E-state index < -0.39 is 22.2 Å². The Morgan fingerprint density at radius 3 is 2.59 bits per heavy atom. The molecular formula is C26H34N2O5S. The number of nitrogens with zero attached hydrogens (tertiary/aromatic N) is 2. The molecule has 7 nitrogen and oxygen atoms in total. The Bertz CT molecular complexity index is 1160. The molecule has 0 unspecified atom stereocenters. The molecule has 34 heavy (non-hydrogen) atoms. The van der Waals surface area contributed by atoms with Crippen LogP contribution in [-0.4, -0.2) is 67.5 Å². The van der Waals surface area contributed by atoms with Crippen molar-refractivity contribution in [3.8, 4) is 16.9 Å². The summed E-state index contributed by atoms with van der Waals surface area (Å²) in [7, 11) is -2.12. The summed E-state index contributed by atoms with van der Waals surface area (Å²) in [6.45, 7) is 5.92. The molecule has 2 aromatic rings. The third kappa shape index (κ3) is 4.85. The number of carbonyl (C=O) groups is 1. The van der Waals surface area contributed by atoms with Crippen LogP contribution in [0, 0.1) is 18.8 Å².